The number of benzene rings is 1. The molecule has 3 N–H and O–H groups in total. The van der Waals surface area contributed by atoms with Crippen molar-refractivity contribution in [2.75, 3.05) is 11.9 Å². The van der Waals surface area contributed by atoms with Crippen LogP contribution in [0.1, 0.15) is 40.3 Å². The quantitative estimate of drug-likeness (QED) is 0.289. The Morgan fingerprint density at radius 3 is 2.58 bits per heavy atom. The number of hydrogen-bond acceptors (Lipinski definition) is 10. The van der Waals surface area contributed by atoms with Gasteiger partial charge in [0.15, 0.2) is 0 Å². The number of carbonyl (C=O) groups excluding carboxylic acids is 1. The minimum atomic E-state index is -3.24. The number of aliphatic carboxylic acids is 1. The molecule has 2 heterocycles. The van der Waals surface area contributed by atoms with Crippen molar-refractivity contribution in [2.45, 2.75) is 64.2 Å². The Labute approximate surface area is 219 Å². The number of carboxylic acid groups (broad SMARTS) is 1. The second-order valence-corrected chi connectivity index (χ2v) is 10.6. The molecule has 0 aliphatic carbocycles. The number of amides is 1. The minimum Gasteiger partial charge on any atom is -0.480 e. The van der Waals surface area contributed by atoms with Gasteiger partial charge >= 0.3 is 17.8 Å². The zero-order valence-corrected chi connectivity index (χ0v) is 22.3. The van der Waals surface area contributed by atoms with Crippen LogP contribution in [0.25, 0.3) is 0 Å². The Morgan fingerprint density at radius 1 is 1.29 bits per heavy atom. The number of nitrogens with zero attached hydrogens (tertiary/aromatic N) is 3. The Balaban J connectivity index is 1.61. The molecule has 38 heavy (non-hydrogen) atoms. The van der Waals surface area contributed by atoms with E-state index in [1.807, 2.05) is 0 Å². The second kappa shape index (κ2) is 12.5. The highest BCUT2D eigenvalue weighted by molar-refractivity contribution is 7.36. The molecule has 5 atom stereocenters. The molecule has 0 saturated carbocycles. The molecule has 2 unspecified atom stereocenters. The number of aliphatic hydroxyl groups is 1. The summed E-state index contributed by atoms with van der Waals surface area (Å²) in [6, 6.07) is 8.25. The lowest BCUT2D eigenvalue weighted by molar-refractivity contribution is -0.148. The van der Waals surface area contributed by atoms with E-state index in [0.717, 1.165) is 9.40 Å². The summed E-state index contributed by atoms with van der Waals surface area (Å²) < 4.78 is 30.2. The first-order chi connectivity index (χ1) is 17.8. The van der Waals surface area contributed by atoms with Gasteiger partial charge in [0, 0.05) is 12.6 Å². The highest BCUT2D eigenvalue weighted by atomic mass is 31.1. The predicted molar refractivity (Wildman–Crippen MR) is 134 cm³/mol. The fourth-order valence-corrected chi connectivity index (χ4v) is 4.37. The molecule has 0 radical (unpaired) electrons. The molecule has 0 bridgehead atoms. The lowest BCUT2D eigenvalue weighted by Crippen LogP contribution is -2.37. The van der Waals surface area contributed by atoms with E-state index in [2.05, 4.69) is 10.3 Å². The average molecular weight is 554 g/mol. The highest BCUT2D eigenvalue weighted by Gasteiger charge is 2.37. The van der Waals surface area contributed by atoms with Gasteiger partial charge in [0.25, 0.3) is 8.18 Å². The molecule has 14 nitrogen and oxygen atoms in total. The number of nitrogens with one attached hydrogen (secondary N) is 1. The van der Waals surface area contributed by atoms with E-state index >= 15 is 0 Å². The van der Waals surface area contributed by atoms with Gasteiger partial charge in [-0.2, -0.15) is 4.98 Å². The Bertz CT molecular complexity index is 1200. The fraction of sp³-hybridized carbons (Fsp3) is 0.478. The summed E-state index contributed by atoms with van der Waals surface area (Å²) in [6.07, 6.45) is -2.39. The third kappa shape index (κ3) is 8.10. The van der Waals surface area contributed by atoms with Crippen molar-refractivity contribution in [1.29, 1.82) is 0 Å². The summed E-state index contributed by atoms with van der Waals surface area (Å²) >= 11 is 0. The van der Waals surface area contributed by atoms with Crippen molar-refractivity contribution in [3.8, 4) is 5.75 Å². The maximum Gasteiger partial charge on any atom is 0.413 e. The van der Waals surface area contributed by atoms with Crippen LogP contribution in [0.2, 0.25) is 0 Å². The summed E-state index contributed by atoms with van der Waals surface area (Å²) in [5.41, 5.74) is -1.48. The van der Waals surface area contributed by atoms with Crippen molar-refractivity contribution in [3.63, 3.8) is 0 Å². The number of hydrogen-bond donors (Lipinski definition) is 3. The van der Waals surface area contributed by atoms with Gasteiger partial charge in [-0.25, -0.2) is 9.59 Å². The lowest BCUT2D eigenvalue weighted by atomic mass is 10.2. The van der Waals surface area contributed by atoms with E-state index in [0.29, 0.717) is 0 Å². The first-order valence-electron chi connectivity index (χ1n) is 11.7. The zero-order valence-electron chi connectivity index (χ0n) is 21.3. The molecule has 208 valence electrons. The smallest absolute Gasteiger partial charge is 0.413 e. The standard InChI is InChI=1S/C23H31N4O10P/c1-14(20(29)30)27(37-15-8-6-5-7-9-15)38(33)34-13-17-16(28)12-19(35-17)26-11-10-18(24-21(26)31)25-22(32)36-23(2,3)4/h5-11,14,16-17,19,28,38H,12-13H2,1-4H3,(H,29,30)(H,24,25,31,32)/t14?,16-,17+,19+/m0/s1. The van der Waals surface area contributed by atoms with E-state index in [9.17, 15) is 29.2 Å². The van der Waals surface area contributed by atoms with Crippen LogP contribution in [0.4, 0.5) is 10.6 Å². The first kappa shape index (κ1) is 29.3. The number of aromatic nitrogens is 2. The van der Waals surface area contributed by atoms with Crippen LogP contribution in [0.15, 0.2) is 47.4 Å². The van der Waals surface area contributed by atoms with Crippen LogP contribution < -0.4 is 15.8 Å². The van der Waals surface area contributed by atoms with Gasteiger partial charge in [0.2, 0.25) is 0 Å². The van der Waals surface area contributed by atoms with Crippen molar-refractivity contribution in [1.82, 2.24) is 14.4 Å². The third-order valence-electron chi connectivity index (χ3n) is 5.18. The number of rotatable bonds is 10. The molecule has 0 spiro atoms. The van der Waals surface area contributed by atoms with E-state index in [1.165, 1.54) is 19.2 Å². The van der Waals surface area contributed by atoms with Crippen LogP contribution in [0.3, 0.4) is 0 Å². The Kier molecular flexibility index (Phi) is 9.63. The summed E-state index contributed by atoms with van der Waals surface area (Å²) in [5.74, 6) is -1.04. The molecule has 1 aliphatic heterocycles. The van der Waals surface area contributed by atoms with Gasteiger partial charge in [0.1, 0.15) is 35.5 Å². The number of carbonyl (C=O) groups is 2. The average Bonchev–Trinajstić information content (AvgIpc) is 3.20. The van der Waals surface area contributed by atoms with Crippen LogP contribution in [-0.4, -0.2) is 67.1 Å². The summed E-state index contributed by atoms with van der Waals surface area (Å²) in [7, 11) is -3.24. The summed E-state index contributed by atoms with van der Waals surface area (Å²) in [5, 5.41) is 22.2. The highest BCUT2D eigenvalue weighted by Crippen LogP contribution is 2.35. The Hall–Kier alpha value is -3.29. The molecule has 1 aliphatic rings. The third-order valence-corrected chi connectivity index (χ3v) is 6.43. The number of para-hydroxylation sites is 1. The molecule has 1 aromatic carbocycles. The fourth-order valence-electron chi connectivity index (χ4n) is 3.33. The molecule has 1 aromatic heterocycles. The van der Waals surface area contributed by atoms with Crippen molar-refractivity contribution in [3.05, 3.63) is 53.1 Å². The normalized spacial score (nSPS) is 21.1. The molecular weight excluding hydrogens is 523 g/mol. The molecular formula is C23H31N4O10P. The maximum absolute atomic E-state index is 12.8. The summed E-state index contributed by atoms with van der Waals surface area (Å²) in [4.78, 5) is 45.9. The number of anilines is 1. The van der Waals surface area contributed by atoms with E-state index in [-0.39, 0.29) is 24.6 Å². The van der Waals surface area contributed by atoms with Gasteiger partial charge in [-0.1, -0.05) is 23.0 Å². The van der Waals surface area contributed by atoms with E-state index < -0.39 is 56.0 Å². The van der Waals surface area contributed by atoms with Gasteiger partial charge < -0.3 is 29.0 Å². The number of ether oxygens (including phenoxy) is 2. The Morgan fingerprint density at radius 2 is 1.97 bits per heavy atom. The lowest BCUT2D eigenvalue weighted by Gasteiger charge is -2.25. The van der Waals surface area contributed by atoms with Crippen LogP contribution in [0, 0.1) is 0 Å². The molecule has 15 heteroatoms. The monoisotopic (exact) mass is 554 g/mol. The van der Waals surface area contributed by atoms with Crippen LogP contribution in [0.5, 0.6) is 5.75 Å². The van der Waals surface area contributed by atoms with Gasteiger partial charge in [0.05, 0.1) is 12.7 Å². The van der Waals surface area contributed by atoms with Gasteiger partial charge in [-0.3, -0.25) is 19.2 Å². The first-order valence-corrected chi connectivity index (χ1v) is 12.9. The second-order valence-electron chi connectivity index (χ2n) is 9.38. The maximum atomic E-state index is 12.8. The van der Waals surface area contributed by atoms with E-state index in [4.69, 9.17) is 18.8 Å². The van der Waals surface area contributed by atoms with Crippen molar-refractivity contribution < 1.29 is 43.2 Å². The van der Waals surface area contributed by atoms with Crippen LogP contribution >= 0.6 is 8.18 Å². The van der Waals surface area contributed by atoms with Crippen LogP contribution in [-0.2, 0) is 23.4 Å². The topological polar surface area (TPSA) is 179 Å². The zero-order chi connectivity index (χ0) is 28.0. The molecule has 2 aromatic rings. The molecule has 1 saturated heterocycles. The van der Waals surface area contributed by atoms with Gasteiger partial charge in [-0.15, -0.1) is 0 Å². The summed E-state index contributed by atoms with van der Waals surface area (Å²) in [6.45, 7) is 6.00. The van der Waals surface area contributed by atoms with Crippen molar-refractivity contribution >= 4 is 26.1 Å². The molecule has 1 amide bonds. The predicted octanol–water partition coefficient (Wildman–Crippen LogP) is 2.41. The number of aliphatic hydroxyl groups excluding tert-OH is 1. The van der Waals surface area contributed by atoms with E-state index in [1.54, 1.807) is 51.1 Å². The SMILES string of the molecule is CC(C(=O)O)N(Oc1ccccc1)[PH](=O)OC[C@H]1O[C@@H](n2ccc(NC(=O)OC(C)(C)C)nc2=O)C[C@@H]1O. The van der Waals surface area contributed by atoms with Crippen molar-refractivity contribution in [2.24, 2.45) is 0 Å². The molecule has 3 rings (SSSR count). The largest absolute Gasteiger partial charge is 0.480 e. The van der Waals surface area contributed by atoms with Gasteiger partial charge in [-0.05, 0) is 45.9 Å². The molecule has 1 fully saturated rings. The number of hydroxylamine groups is 1. The minimum absolute atomic E-state index is 0.00510. The number of carboxylic acids is 1.